The monoisotopic (exact) mass is 284 g/mol. The highest BCUT2D eigenvalue weighted by molar-refractivity contribution is 7.91. The molecule has 0 spiro atoms. The Bertz CT molecular complexity index is 546. The van der Waals surface area contributed by atoms with Crippen molar-refractivity contribution in [3.8, 4) is 0 Å². The van der Waals surface area contributed by atoms with Crippen molar-refractivity contribution in [1.82, 2.24) is 0 Å². The number of sulfone groups is 1. The van der Waals surface area contributed by atoms with Crippen LogP contribution in [0.15, 0.2) is 29.2 Å². The van der Waals surface area contributed by atoms with Gasteiger partial charge in [0.15, 0.2) is 9.84 Å². The molecule has 1 unspecified atom stereocenters. The fourth-order valence-corrected chi connectivity index (χ4v) is 5.06. The third-order valence-corrected chi connectivity index (χ3v) is 5.95. The Balaban J connectivity index is 2.53. The van der Waals surface area contributed by atoms with Crippen molar-refractivity contribution in [2.75, 3.05) is 19.0 Å². The van der Waals surface area contributed by atoms with Gasteiger partial charge in [-0.3, -0.25) is 0 Å². The largest absolute Gasteiger partial charge is 0.396 e. The van der Waals surface area contributed by atoms with Crippen molar-refractivity contribution in [3.63, 3.8) is 0 Å². The summed E-state index contributed by atoms with van der Waals surface area (Å²) in [4.78, 5) is 0.349. The van der Waals surface area contributed by atoms with E-state index < -0.39 is 15.3 Å². The molecule has 0 amide bonds. The molecule has 4 nitrogen and oxygen atoms in total. The summed E-state index contributed by atoms with van der Waals surface area (Å²) in [6.07, 6.45) is 1.40. The summed E-state index contributed by atoms with van der Waals surface area (Å²) < 4.78 is 24.4. The first kappa shape index (κ1) is 14.5. The number of aliphatic hydroxyl groups is 2. The van der Waals surface area contributed by atoms with Crippen LogP contribution in [0, 0.1) is 5.41 Å². The van der Waals surface area contributed by atoms with Crippen LogP contribution in [0.2, 0.25) is 0 Å². The lowest BCUT2D eigenvalue weighted by atomic mass is 9.71. The van der Waals surface area contributed by atoms with Crippen molar-refractivity contribution < 1.29 is 18.6 Å². The first-order chi connectivity index (χ1) is 9.00. The first-order valence-corrected chi connectivity index (χ1v) is 8.19. The summed E-state index contributed by atoms with van der Waals surface area (Å²) in [7, 11) is -3.30. The molecule has 5 heteroatoms. The summed E-state index contributed by atoms with van der Waals surface area (Å²) in [5.74, 6) is -0.350. The van der Waals surface area contributed by atoms with E-state index in [4.69, 9.17) is 0 Å². The Morgan fingerprint density at radius 3 is 2.47 bits per heavy atom. The van der Waals surface area contributed by atoms with Gasteiger partial charge in [-0.05, 0) is 18.1 Å². The summed E-state index contributed by atoms with van der Waals surface area (Å²) in [6.45, 7) is 1.56. The molecule has 0 saturated carbocycles. The second kappa shape index (κ2) is 5.23. The molecular weight excluding hydrogens is 264 g/mol. The standard InChI is InChI=1S/C14H20O4S/c1-2-7-14(9-15,10-16)12-8-19(17,18)13-6-4-3-5-11(12)13/h3-6,12,15-16H,2,7-10H2,1H3. The molecule has 1 aliphatic rings. The maximum atomic E-state index is 12.2. The van der Waals surface area contributed by atoms with Gasteiger partial charge in [-0.1, -0.05) is 31.5 Å². The average molecular weight is 284 g/mol. The first-order valence-electron chi connectivity index (χ1n) is 6.54. The second-order valence-corrected chi connectivity index (χ2v) is 7.30. The van der Waals surface area contributed by atoms with Crippen LogP contribution < -0.4 is 0 Å². The molecular formula is C14H20O4S. The van der Waals surface area contributed by atoms with E-state index in [0.29, 0.717) is 11.3 Å². The van der Waals surface area contributed by atoms with Gasteiger partial charge in [-0.15, -0.1) is 0 Å². The van der Waals surface area contributed by atoms with Crippen LogP contribution in [0.3, 0.4) is 0 Å². The van der Waals surface area contributed by atoms with E-state index in [9.17, 15) is 18.6 Å². The maximum Gasteiger partial charge on any atom is 0.179 e. The minimum atomic E-state index is -3.30. The summed E-state index contributed by atoms with van der Waals surface area (Å²) >= 11 is 0. The summed E-state index contributed by atoms with van der Waals surface area (Å²) in [5, 5.41) is 19.4. The third kappa shape index (κ3) is 2.30. The van der Waals surface area contributed by atoms with Crippen molar-refractivity contribution in [2.45, 2.75) is 30.6 Å². The highest BCUT2D eigenvalue weighted by Crippen LogP contribution is 2.47. The van der Waals surface area contributed by atoms with Crippen LogP contribution >= 0.6 is 0 Å². The molecule has 1 aromatic rings. The van der Waals surface area contributed by atoms with E-state index in [-0.39, 0.29) is 24.9 Å². The van der Waals surface area contributed by atoms with Crippen LogP contribution in [0.4, 0.5) is 0 Å². The predicted octanol–water partition coefficient (Wildman–Crippen LogP) is 1.33. The lowest BCUT2D eigenvalue weighted by molar-refractivity contribution is 0.0285. The Morgan fingerprint density at radius 1 is 1.26 bits per heavy atom. The molecule has 106 valence electrons. The zero-order valence-corrected chi connectivity index (χ0v) is 11.9. The highest BCUT2D eigenvalue weighted by Gasteiger charge is 2.46. The van der Waals surface area contributed by atoms with Gasteiger partial charge in [-0.25, -0.2) is 8.42 Å². The van der Waals surface area contributed by atoms with Gasteiger partial charge in [0, 0.05) is 11.3 Å². The van der Waals surface area contributed by atoms with Crippen molar-refractivity contribution >= 4 is 9.84 Å². The molecule has 1 aromatic carbocycles. The Hall–Kier alpha value is -0.910. The van der Waals surface area contributed by atoms with Crippen LogP contribution in [0.25, 0.3) is 0 Å². The van der Waals surface area contributed by atoms with E-state index >= 15 is 0 Å². The average Bonchev–Trinajstić information content (AvgIpc) is 2.69. The molecule has 19 heavy (non-hydrogen) atoms. The Morgan fingerprint density at radius 2 is 1.89 bits per heavy atom. The summed E-state index contributed by atoms with van der Waals surface area (Å²) in [6, 6.07) is 6.91. The van der Waals surface area contributed by atoms with E-state index in [0.717, 1.165) is 12.0 Å². The third-order valence-electron chi connectivity index (χ3n) is 4.13. The van der Waals surface area contributed by atoms with Gasteiger partial charge in [0.2, 0.25) is 0 Å². The fourth-order valence-electron chi connectivity index (χ4n) is 3.06. The van der Waals surface area contributed by atoms with Gasteiger partial charge in [0.05, 0.1) is 23.9 Å². The molecule has 1 atom stereocenters. The Labute approximate surface area is 114 Å². The van der Waals surface area contributed by atoms with E-state index in [1.807, 2.05) is 6.92 Å². The van der Waals surface area contributed by atoms with Gasteiger partial charge in [-0.2, -0.15) is 0 Å². The van der Waals surface area contributed by atoms with Gasteiger partial charge in [0.25, 0.3) is 0 Å². The number of benzene rings is 1. The maximum absolute atomic E-state index is 12.2. The molecule has 0 radical (unpaired) electrons. The van der Waals surface area contributed by atoms with Gasteiger partial charge < -0.3 is 10.2 Å². The van der Waals surface area contributed by atoms with Crippen molar-refractivity contribution in [2.24, 2.45) is 5.41 Å². The lowest BCUT2D eigenvalue weighted by Crippen LogP contribution is -2.37. The number of hydrogen-bond acceptors (Lipinski definition) is 4. The minimum Gasteiger partial charge on any atom is -0.396 e. The van der Waals surface area contributed by atoms with Crippen LogP contribution in [0.1, 0.15) is 31.2 Å². The predicted molar refractivity (Wildman–Crippen MR) is 72.7 cm³/mol. The molecule has 0 fully saturated rings. The van der Waals surface area contributed by atoms with Crippen LogP contribution in [-0.4, -0.2) is 37.6 Å². The molecule has 2 N–H and O–H groups in total. The zero-order chi connectivity index (χ0) is 14.1. The quantitative estimate of drug-likeness (QED) is 0.855. The highest BCUT2D eigenvalue weighted by atomic mass is 32.2. The minimum absolute atomic E-state index is 0.0204. The molecule has 1 aliphatic heterocycles. The van der Waals surface area contributed by atoms with Crippen LogP contribution in [0.5, 0.6) is 0 Å². The smallest absolute Gasteiger partial charge is 0.179 e. The number of rotatable bonds is 5. The summed E-state index contributed by atoms with van der Waals surface area (Å²) in [5.41, 5.74) is -0.0203. The van der Waals surface area contributed by atoms with E-state index in [1.165, 1.54) is 0 Å². The van der Waals surface area contributed by atoms with Crippen LogP contribution in [-0.2, 0) is 9.84 Å². The normalized spacial score (nSPS) is 21.3. The van der Waals surface area contributed by atoms with Gasteiger partial charge >= 0.3 is 0 Å². The number of fused-ring (bicyclic) bond motifs is 1. The van der Waals surface area contributed by atoms with E-state index in [1.54, 1.807) is 24.3 Å². The molecule has 0 saturated heterocycles. The zero-order valence-electron chi connectivity index (χ0n) is 11.0. The topological polar surface area (TPSA) is 74.6 Å². The number of aliphatic hydroxyl groups excluding tert-OH is 2. The van der Waals surface area contributed by atoms with Gasteiger partial charge in [0.1, 0.15) is 0 Å². The molecule has 2 rings (SSSR count). The number of hydrogen-bond donors (Lipinski definition) is 2. The van der Waals surface area contributed by atoms with Crippen molar-refractivity contribution in [3.05, 3.63) is 29.8 Å². The van der Waals surface area contributed by atoms with E-state index in [2.05, 4.69) is 0 Å². The second-order valence-electron chi connectivity index (χ2n) is 5.30. The molecule has 0 bridgehead atoms. The lowest BCUT2D eigenvalue weighted by Gasteiger charge is -2.35. The SMILES string of the molecule is CCCC(CO)(CO)C1CS(=O)(=O)c2ccccc21. The molecule has 1 heterocycles. The molecule has 0 aliphatic carbocycles. The molecule has 0 aromatic heterocycles. The van der Waals surface area contributed by atoms with Crippen molar-refractivity contribution in [1.29, 1.82) is 0 Å². The Kier molecular flexibility index (Phi) is 3.99. The fraction of sp³-hybridized carbons (Fsp3) is 0.571.